The third kappa shape index (κ3) is 3.86. The lowest BCUT2D eigenvalue weighted by Crippen LogP contribution is -2.12. The van der Waals surface area contributed by atoms with Crippen molar-refractivity contribution < 1.29 is 14.3 Å². The summed E-state index contributed by atoms with van der Waals surface area (Å²) in [6.45, 7) is 1.07. The SMILES string of the molecule is O=C(O)c1ccc(CNCc2cc(F)ccc2Br)s1. The average Bonchev–Trinajstić information content (AvgIpc) is 2.82. The first-order valence-corrected chi connectivity index (χ1v) is 7.14. The number of nitrogens with one attached hydrogen (secondary N) is 1. The van der Waals surface area contributed by atoms with Crippen LogP contribution in [0, 0.1) is 5.82 Å². The summed E-state index contributed by atoms with van der Waals surface area (Å²) in [7, 11) is 0. The van der Waals surface area contributed by atoms with E-state index < -0.39 is 5.97 Å². The Labute approximate surface area is 122 Å². The van der Waals surface area contributed by atoms with Crippen molar-refractivity contribution in [1.82, 2.24) is 5.32 Å². The van der Waals surface area contributed by atoms with E-state index in [2.05, 4.69) is 21.2 Å². The Morgan fingerprint density at radius 3 is 2.79 bits per heavy atom. The molecule has 2 rings (SSSR count). The zero-order chi connectivity index (χ0) is 13.8. The van der Waals surface area contributed by atoms with Crippen LogP contribution in [0.15, 0.2) is 34.8 Å². The van der Waals surface area contributed by atoms with Crippen molar-refractivity contribution in [3.05, 3.63) is 55.9 Å². The molecule has 0 unspecified atom stereocenters. The molecule has 1 heterocycles. The van der Waals surface area contributed by atoms with E-state index in [9.17, 15) is 9.18 Å². The molecule has 0 radical (unpaired) electrons. The van der Waals surface area contributed by atoms with E-state index in [1.54, 1.807) is 18.2 Å². The highest BCUT2D eigenvalue weighted by atomic mass is 79.9. The van der Waals surface area contributed by atoms with Gasteiger partial charge in [0.2, 0.25) is 0 Å². The van der Waals surface area contributed by atoms with Gasteiger partial charge in [-0.05, 0) is 35.9 Å². The first-order chi connectivity index (χ1) is 9.06. The summed E-state index contributed by atoms with van der Waals surface area (Å²) in [6, 6.07) is 7.89. The predicted molar refractivity (Wildman–Crippen MR) is 75.9 cm³/mol. The number of thiophene rings is 1. The van der Waals surface area contributed by atoms with Crippen LogP contribution in [0.1, 0.15) is 20.1 Å². The van der Waals surface area contributed by atoms with Crippen molar-refractivity contribution in [2.75, 3.05) is 0 Å². The maximum absolute atomic E-state index is 13.1. The Morgan fingerprint density at radius 1 is 1.32 bits per heavy atom. The third-order valence-electron chi connectivity index (χ3n) is 2.49. The topological polar surface area (TPSA) is 49.3 Å². The van der Waals surface area contributed by atoms with Crippen molar-refractivity contribution >= 4 is 33.2 Å². The van der Waals surface area contributed by atoms with Crippen LogP contribution in [0.4, 0.5) is 4.39 Å². The van der Waals surface area contributed by atoms with Crippen LogP contribution in [-0.4, -0.2) is 11.1 Å². The Balaban J connectivity index is 1.92. The molecule has 100 valence electrons. The van der Waals surface area contributed by atoms with Crippen LogP contribution < -0.4 is 5.32 Å². The Bertz CT molecular complexity index is 600. The first-order valence-electron chi connectivity index (χ1n) is 5.53. The quantitative estimate of drug-likeness (QED) is 0.871. The van der Waals surface area contributed by atoms with Crippen LogP contribution in [0.3, 0.4) is 0 Å². The second-order valence-electron chi connectivity index (χ2n) is 3.91. The Kier molecular flexibility index (Phi) is 4.68. The van der Waals surface area contributed by atoms with Gasteiger partial charge in [0.05, 0.1) is 0 Å². The van der Waals surface area contributed by atoms with Crippen LogP contribution in [0.25, 0.3) is 0 Å². The fourth-order valence-corrected chi connectivity index (χ4v) is 2.79. The number of aromatic carboxylic acids is 1. The Hall–Kier alpha value is -1.24. The van der Waals surface area contributed by atoms with Gasteiger partial charge in [-0.25, -0.2) is 9.18 Å². The van der Waals surface area contributed by atoms with Gasteiger partial charge in [-0.3, -0.25) is 0 Å². The summed E-state index contributed by atoms with van der Waals surface area (Å²) in [5.41, 5.74) is 0.829. The first kappa shape index (κ1) is 14.2. The summed E-state index contributed by atoms with van der Waals surface area (Å²) < 4.78 is 13.9. The highest BCUT2D eigenvalue weighted by Gasteiger charge is 2.07. The fraction of sp³-hybridized carbons (Fsp3) is 0.154. The maximum atomic E-state index is 13.1. The van der Waals surface area contributed by atoms with Gasteiger partial charge < -0.3 is 10.4 Å². The van der Waals surface area contributed by atoms with Gasteiger partial charge in [0.25, 0.3) is 0 Å². The second-order valence-corrected chi connectivity index (χ2v) is 5.93. The molecule has 19 heavy (non-hydrogen) atoms. The normalized spacial score (nSPS) is 10.6. The number of carboxylic acids is 1. The van der Waals surface area contributed by atoms with E-state index in [-0.39, 0.29) is 5.82 Å². The fourth-order valence-electron chi connectivity index (χ4n) is 1.59. The summed E-state index contributed by atoms with van der Waals surface area (Å²) in [4.78, 5) is 12.0. The van der Waals surface area contributed by atoms with E-state index in [0.29, 0.717) is 18.0 Å². The van der Waals surface area contributed by atoms with Gasteiger partial charge in [-0.2, -0.15) is 0 Å². The second kappa shape index (κ2) is 6.27. The zero-order valence-corrected chi connectivity index (χ0v) is 12.2. The van der Waals surface area contributed by atoms with Crippen LogP contribution in [0.2, 0.25) is 0 Å². The molecule has 0 aliphatic carbocycles. The molecule has 1 aromatic heterocycles. The number of halogens is 2. The summed E-state index contributed by atoms with van der Waals surface area (Å²) in [6.07, 6.45) is 0. The number of hydrogen-bond donors (Lipinski definition) is 2. The van der Waals surface area contributed by atoms with E-state index in [0.717, 1.165) is 14.9 Å². The molecule has 0 aliphatic rings. The zero-order valence-electron chi connectivity index (χ0n) is 9.82. The molecule has 0 amide bonds. The van der Waals surface area contributed by atoms with Gasteiger partial charge in [0.1, 0.15) is 10.7 Å². The smallest absolute Gasteiger partial charge is 0.345 e. The molecular formula is C13H11BrFNO2S. The van der Waals surface area contributed by atoms with Crippen LogP contribution in [0.5, 0.6) is 0 Å². The molecule has 0 aliphatic heterocycles. The molecule has 1 aromatic carbocycles. The molecule has 0 spiro atoms. The average molecular weight is 344 g/mol. The molecule has 0 saturated carbocycles. The van der Waals surface area contributed by atoms with E-state index in [1.165, 1.54) is 23.5 Å². The minimum Gasteiger partial charge on any atom is -0.477 e. The van der Waals surface area contributed by atoms with E-state index in [1.807, 2.05) is 0 Å². The molecule has 2 aromatic rings. The standard InChI is InChI=1S/C13H11BrFNO2S/c14-11-3-1-9(15)5-8(11)6-16-7-10-2-4-12(19-10)13(17)18/h1-5,16H,6-7H2,(H,17,18). The lowest BCUT2D eigenvalue weighted by molar-refractivity contribution is 0.0702. The van der Waals surface area contributed by atoms with Crippen molar-refractivity contribution in [2.24, 2.45) is 0 Å². The molecule has 0 fully saturated rings. The molecule has 0 bridgehead atoms. The van der Waals surface area contributed by atoms with Gasteiger partial charge >= 0.3 is 5.97 Å². The van der Waals surface area contributed by atoms with Crippen LogP contribution >= 0.6 is 27.3 Å². The molecule has 0 atom stereocenters. The molecule has 6 heteroatoms. The Morgan fingerprint density at radius 2 is 2.11 bits per heavy atom. The molecule has 2 N–H and O–H groups in total. The van der Waals surface area contributed by atoms with Crippen molar-refractivity contribution in [1.29, 1.82) is 0 Å². The number of carboxylic acid groups (broad SMARTS) is 1. The lowest BCUT2D eigenvalue weighted by atomic mass is 10.2. The lowest BCUT2D eigenvalue weighted by Gasteiger charge is -2.06. The number of benzene rings is 1. The largest absolute Gasteiger partial charge is 0.477 e. The minimum absolute atomic E-state index is 0.274. The van der Waals surface area contributed by atoms with Crippen molar-refractivity contribution in [3.63, 3.8) is 0 Å². The summed E-state index contributed by atoms with van der Waals surface area (Å²) in [5.74, 6) is -1.19. The van der Waals surface area contributed by atoms with E-state index >= 15 is 0 Å². The third-order valence-corrected chi connectivity index (χ3v) is 4.34. The monoisotopic (exact) mass is 343 g/mol. The number of carbonyl (C=O) groups is 1. The van der Waals surface area contributed by atoms with Gasteiger partial charge in [-0.15, -0.1) is 11.3 Å². The van der Waals surface area contributed by atoms with Gasteiger partial charge in [-0.1, -0.05) is 15.9 Å². The van der Waals surface area contributed by atoms with Gasteiger partial charge in [0, 0.05) is 22.4 Å². The highest BCUT2D eigenvalue weighted by molar-refractivity contribution is 9.10. The number of rotatable bonds is 5. The predicted octanol–water partition coefficient (Wildman–Crippen LogP) is 3.64. The maximum Gasteiger partial charge on any atom is 0.345 e. The van der Waals surface area contributed by atoms with Gasteiger partial charge in [0.15, 0.2) is 0 Å². The van der Waals surface area contributed by atoms with E-state index in [4.69, 9.17) is 5.11 Å². The van der Waals surface area contributed by atoms with Crippen molar-refractivity contribution in [3.8, 4) is 0 Å². The minimum atomic E-state index is -0.913. The molecular weight excluding hydrogens is 333 g/mol. The van der Waals surface area contributed by atoms with Crippen molar-refractivity contribution in [2.45, 2.75) is 13.1 Å². The highest BCUT2D eigenvalue weighted by Crippen LogP contribution is 2.19. The molecule has 0 saturated heterocycles. The summed E-state index contributed by atoms with van der Waals surface area (Å²) in [5, 5.41) is 12.0. The molecule has 3 nitrogen and oxygen atoms in total. The number of hydrogen-bond acceptors (Lipinski definition) is 3. The summed E-state index contributed by atoms with van der Waals surface area (Å²) >= 11 is 4.59. The van der Waals surface area contributed by atoms with Crippen LogP contribution in [-0.2, 0) is 13.1 Å².